The largest absolute Gasteiger partial charge is 0.462 e. The number of benzene rings is 1. The van der Waals surface area contributed by atoms with Gasteiger partial charge < -0.3 is 9.47 Å². The number of rotatable bonds is 48. The molecule has 0 aromatic heterocycles. The molecule has 362 valence electrons. The highest BCUT2D eigenvalue weighted by atomic mass is 16.5. The fourth-order valence-corrected chi connectivity index (χ4v) is 9.01. The summed E-state index contributed by atoms with van der Waals surface area (Å²) < 4.78 is 12.2. The molecule has 0 amide bonds. The quantitative estimate of drug-likeness (QED) is 0.0482. The predicted molar refractivity (Wildman–Crippen MR) is 269 cm³/mol. The van der Waals surface area contributed by atoms with Gasteiger partial charge in [-0.25, -0.2) is 0 Å². The maximum absolute atomic E-state index is 12.9. The van der Waals surface area contributed by atoms with Crippen molar-refractivity contribution in [3.63, 3.8) is 0 Å². The summed E-state index contributed by atoms with van der Waals surface area (Å²) in [6.45, 7) is 12.3. The molecule has 0 unspecified atom stereocenters. The molecule has 0 radical (unpaired) electrons. The molecule has 1 rings (SSSR count). The first-order valence-corrected chi connectivity index (χ1v) is 27.7. The summed E-state index contributed by atoms with van der Waals surface area (Å²) in [5.74, 6) is 0.0689. The van der Waals surface area contributed by atoms with Crippen LogP contribution in [0.2, 0.25) is 0 Å². The number of carbonyl (C=O) groups excluding carboxylic acids is 2. The van der Waals surface area contributed by atoms with Crippen molar-refractivity contribution < 1.29 is 19.1 Å². The van der Waals surface area contributed by atoms with E-state index in [1.165, 1.54) is 198 Å². The van der Waals surface area contributed by atoms with Crippen molar-refractivity contribution in [3.8, 4) is 0 Å². The van der Waals surface area contributed by atoms with Gasteiger partial charge in [-0.2, -0.15) is 0 Å². The van der Waals surface area contributed by atoms with Crippen LogP contribution in [-0.4, -0.2) is 42.1 Å². The number of nitrogens with zero attached hydrogens (tertiary/aromatic N) is 1. The highest BCUT2D eigenvalue weighted by molar-refractivity contribution is 5.69. The van der Waals surface area contributed by atoms with E-state index in [2.05, 4.69) is 62.9 Å². The van der Waals surface area contributed by atoms with Gasteiger partial charge in [0.1, 0.15) is 12.2 Å². The van der Waals surface area contributed by atoms with Crippen molar-refractivity contribution in [3.05, 3.63) is 35.9 Å². The highest BCUT2D eigenvalue weighted by Gasteiger charge is 2.16. The number of ether oxygens (including phenoxy) is 2. The summed E-state index contributed by atoms with van der Waals surface area (Å²) in [5, 5.41) is 0. The first-order chi connectivity index (χ1) is 30.5. The van der Waals surface area contributed by atoms with Crippen LogP contribution in [0.15, 0.2) is 30.3 Å². The average molecular weight is 868 g/mol. The minimum atomic E-state index is 0.0344. The van der Waals surface area contributed by atoms with Crippen molar-refractivity contribution in [2.45, 2.75) is 303 Å². The van der Waals surface area contributed by atoms with Gasteiger partial charge >= 0.3 is 11.9 Å². The lowest BCUT2D eigenvalue weighted by Gasteiger charge is -2.22. The molecule has 0 fully saturated rings. The molecule has 0 aliphatic heterocycles. The third-order valence-electron chi connectivity index (χ3n) is 13.1. The van der Waals surface area contributed by atoms with Crippen LogP contribution >= 0.6 is 0 Å². The summed E-state index contributed by atoms with van der Waals surface area (Å²) in [4.78, 5) is 28.4. The lowest BCUT2D eigenvalue weighted by molar-refractivity contribution is -0.151. The summed E-state index contributed by atoms with van der Waals surface area (Å²) in [6, 6.07) is 10.9. The van der Waals surface area contributed by atoms with Gasteiger partial charge in [-0.15, -0.1) is 0 Å². The SMILES string of the molecule is CCCCCCCCC(CCCCCCCC)OC(=O)CCCCCCCN(CCCCCCCC(=O)OC(CCCCCCCC)CCCCCCCC)Cc1ccccc1. The smallest absolute Gasteiger partial charge is 0.306 e. The molecule has 1 aromatic carbocycles. The first kappa shape index (κ1) is 58.1. The minimum absolute atomic E-state index is 0.0344. The molecule has 0 saturated carbocycles. The van der Waals surface area contributed by atoms with Crippen LogP contribution in [0.5, 0.6) is 0 Å². The molecule has 0 aliphatic carbocycles. The molecule has 0 N–H and O–H groups in total. The van der Waals surface area contributed by atoms with Crippen LogP contribution in [0.3, 0.4) is 0 Å². The molecule has 0 heterocycles. The Morgan fingerprint density at radius 2 is 0.677 bits per heavy atom. The second kappa shape index (κ2) is 45.7. The van der Waals surface area contributed by atoms with Crippen molar-refractivity contribution in [1.29, 1.82) is 0 Å². The van der Waals surface area contributed by atoms with Crippen LogP contribution in [0.25, 0.3) is 0 Å². The zero-order valence-corrected chi connectivity index (χ0v) is 42.0. The van der Waals surface area contributed by atoms with Gasteiger partial charge in [-0.05, 0) is 95.7 Å². The topological polar surface area (TPSA) is 55.8 Å². The van der Waals surface area contributed by atoms with Crippen molar-refractivity contribution >= 4 is 11.9 Å². The molecule has 0 atom stereocenters. The van der Waals surface area contributed by atoms with E-state index in [9.17, 15) is 9.59 Å². The molecule has 5 heteroatoms. The average Bonchev–Trinajstić information content (AvgIpc) is 3.27. The Hall–Kier alpha value is -1.88. The maximum Gasteiger partial charge on any atom is 0.306 e. The van der Waals surface area contributed by atoms with Gasteiger partial charge in [-0.1, -0.05) is 225 Å². The van der Waals surface area contributed by atoms with Crippen molar-refractivity contribution in [2.75, 3.05) is 13.1 Å². The molecule has 0 spiro atoms. The molecule has 0 aliphatic rings. The number of esters is 2. The molecule has 5 nitrogen and oxygen atoms in total. The van der Waals surface area contributed by atoms with E-state index >= 15 is 0 Å². The number of hydrogen-bond donors (Lipinski definition) is 0. The van der Waals surface area contributed by atoms with Gasteiger partial charge in [0.05, 0.1) is 0 Å². The third kappa shape index (κ3) is 38.6. The normalized spacial score (nSPS) is 11.7. The van der Waals surface area contributed by atoms with Crippen molar-refractivity contribution in [2.24, 2.45) is 0 Å². The molecular formula is C57H105NO4. The highest BCUT2D eigenvalue weighted by Crippen LogP contribution is 2.21. The van der Waals surface area contributed by atoms with E-state index in [1.807, 2.05) is 0 Å². The van der Waals surface area contributed by atoms with E-state index in [0.29, 0.717) is 12.8 Å². The second-order valence-electron chi connectivity index (χ2n) is 19.2. The van der Waals surface area contributed by atoms with Gasteiger partial charge in [-0.3, -0.25) is 14.5 Å². The molecule has 0 saturated heterocycles. The van der Waals surface area contributed by atoms with E-state index in [4.69, 9.17) is 9.47 Å². The van der Waals surface area contributed by atoms with Gasteiger partial charge in [0.25, 0.3) is 0 Å². The summed E-state index contributed by atoms with van der Waals surface area (Å²) in [7, 11) is 0. The van der Waals surface area contributed by atoms with Crippen LogP contribution < -0.4 is 0 Å². The van der Waals surface area contributed by atoms with E-state index in [0.717, 1.165) is 71.0 Å². The molecular weight excluding hydrogens is 763 g/mol. The van der Waals surface area contributed by atoms with E-state index in [-0.39, 0.29) is 24.1 Å². The van der Waals surface area contributed by atoms with Crippen LogP contribution in [-0.2, 0) is 25.6 Å². The summed E-state index contributed by atoms with van der Waals surface area (Å²) in [6.07, 6.45) is 47.8. The summed E-state index contributed by atoms with van der Waals surface area (Å²) >= 11 is 0. The Kier molecular flexibility index (Phi) is 42.8. The molecule has 0 bridgehead atoms. The Balaban J connectivity index is 2.36. The third-order valence-corrected chi connectivity index (χ3v) is 13.1. The van der Waals surface area contributed by atoms with Gasteiger partial charge in [0, 0.05) is 19.4 Å². The lowest BCUT2D eigenvalue weighted by atomic mass is 10.0. The fraction of sp³-hybridized carbons (Fsp3) is 0.860. The van der Waals surface area contributed by atoms with Crippen LogP contribution in [0, 0.1) is 0 Å². The zero-order chi connectivity index (χ0) is 44.8. The standard InChI is InChI=1S/C57H105NO4/c1-5-9-13-17-23-34-44-54(45-35-24-18-14-10-6-2)61-56(59)48-38-27-21-29-40-50-58(52-53-42-32-31-33-43-53)51-41-30-22-28-39-49-57(60)62-55(46-36-25-19-15-11-7-3)47-37-26-20-16-12-8-4/h31-33,42-43,54-55H,5-30,34-41,44-52H2,1-4H3. The van der Waals surface area contributed by atoms with E-state index in [1.54, 1.807) is 0 Å². The number of hydrogen-bond acceptors (Lipinski definition) is 5. The van der Waals surface area contributed by atoms with Gasteiger partial charge in [0.15, 0.2) is 0 Å². The summed E-state index contributed by atoms with van der Waals surface area (Å²) in [5.41, 5.74) is 1.39. The van der Waals surface area contributed by atoms with Gasteiger partial charge in [0.2, 0.25) is 0 Å². The fourth-order valence-electron chi connectivity index (χ4n) is 9.01. The lowest BCUT2D eigenvalue weighted by Crippen LogP contribution is -2.25. The number of carbonyl (C=O) groups is 2. The van der Waals surface area contributed by atoms with Crippen LogP contribution in [0.1, 0.15) is 290 Å². The predicted octanol–water partition coefficient (Wildman–Crippen LogP) is 18.0. The number of unbranched alkanes of at least 4 members (excludes halogenated alkanes) is 28. The van der Waals surface area contributed by atoms with E-state index < -0.39 is 0 Å². The zero-order valence-electron chi connectivity index (χ0n) is 42.0. The second-order valence-corrected chi connectivity index (χ2v) is 19.2. The Labute approximate surface area is 386 Å². The Morgan fingerprint density at radius 3 is 1.02 bits per heavy atom. The monoisotopic (exact) mass is 868 g/mol. The van der Waals surface area contributed by atoms with Crippen LogP contribution in [0.4, 0.5) is 0 Å². The maximum atomic E-state index is 12.9. The minimum Gasteiger partial charge on any atom is -0.462 e. The Bertz CT molecular complexity index is 982. The first-order valence-electron chi connectivity index (χ1n) is 27.7. The Morgan fingerprint density at radius 1 is 0.387 bits per heavy atom. The molecule has 62 heavy (non-hydrogen) atoms. The van der Waals surface area contributed by atoms with Crippen molar-refractivity contribution in [1.82, 2.24) is 4.90 Å². The molecule has 1 aromatic rings.